The number of nitrogens with zero attached hydrogens (tertiary/aromatic N) is 5. The number of aromatic nitrogens is 5. The minimum atomic E-state index is 0.823. The van der Waals surface area contributed by atoms with Crippen molar-refractivity contribution < 1.29 is 0 Å². The third-order valence-electron chi connectivity index (χ3n) is 3.53. The second-order valence-electron chi connectivity index (χ2n) is 5.18. The van der Waals surface area contributed by atoms with Crippen LogP contribution in [0, 0.1) is 0 Å². The largest absolute Gasteiger partial charge is 0.384 e. The normalized spacial score (nSPS) is 10.7. The first kappa shape index (κ1) is 15.1. The van der Waals surface area contributed by atoms with E-state index in [2.05, 4.69) is 36.7 Å². The molecule has 0 bridgehead atoms. The van der Waals surface area contributed by atoms with Gasteiger partial charge in [-0.05, 0) is 24.6 Å². The summed E-state index contributed by atoms with van der Waals surface area (Å²) in [5, 5.41) is 3.36. The van der Waals surface area contributed by atoms with Crippen LogP contribution in [-0.4, -0.2) is 31.0 Å². The number of hydrogen-bond acceptors (Lipinski definition) is 5. The van der Waals surface area contributed by atoms with Gasteiger partial charge in [-0.3, -0.25) is 4.98 Å². The number of aryl methyl sites for hydroxylation is 2. The average Bonchev–Trinajstić information content (AvgIpc) is 3.08. The van der Waals surface area contributed by atoms with E-state index in [1.165, 1.54) is 0 Å². The van der Waals surface area contributed by atoms with Gasteiger partial charge in [0, 0.05) is 50.5 Å². The Morgan fingerprint density at radius 3 is 2.91 bits per heavy atom. The molecule has 0 radical (unpaired) electrons. The number of anilines is 1. The van der Waals surface area contributed by atoms with Gasteiger partial charge >= 0.3 is 0 Å². The molecule has 0 aliphatic carbocycles. The van der Waals surface area contributed by atoms with E-state index in [4.69, 9.17) is 0 Å². The second-order valence-corrected chi connectivity index (χ2v) is 5.18. The molecule has 3 aromatic heterocycles. The van der Waals surface area contributed by atoms with Crippen LogP contribution in [0.15, 0.2) is 49.2 Å². The summed E-state index contributed by atoms with van der Waals surface area (Å²) in [4.78, 5) is 17.3. The van der Waals surface area contributed by atoms with Crippen molar-refractivity contribution in [2.75, 3.05) is 11.9 Å². The van der Waals surface area contributed by atoms with Gasteiger partial charge in [0.25, 0.3) is 0 Å². The third-order valence-corrected chi connectivity index (χ3v) is 3.53. The molecule has 0 aliphatic heterocycles. The van der Waals surface area contributed by atoms with Gasteiger partial charge in [-0.15, -0.1) is 0 Å². The van der Waals surface area contributed by atoms with E-state index in [9.17, 15) is 0 Å². The van der Waals surface area contributed by atoms with E-state index < -0.39 is 0 Å². The highest BCUT2D eigenvalue weighted by molar-refractivity contribution is 5.49. The second kappa shape index (κ2) is 7.49. The molecule has 0 amide bonds. The van der Waals surface area contributed by atoms with Crippen LogP contribution in [0.4, 0.5) is 5.69 Å². The van der Waals surface area contributed by atoms with Gasteiger partial charge in [0.05, 0.1) is 5.69 Å². The summed E-state index contributed by atoms with van der Waals surface area (Å²) < 4.78 is 2.13. The topological polar surface area (TPSA) is 68.5 Å². The van der Waals surface area contributed by atoms with E-state index in [1.54, 1.807) is 12.4 Å². The quantitative estimate of drug-likeness (QED) is 0.680. The molecule has 3 heterocycles. The van der Waals surface area contributed by atoms with Crippen molar-refractivity contribution in [3.05, 3.63) is 55.0 Å². The zero-order chi connectivity index (χ0) is 15.9. The molecule has 0 saturated carbocycles. The van der Waals surface area contributed by atoms with Crippen LogP contribution in [0.3, 0.4) is 0 Å². The number of nitrogens with one attached hydrogen (secondary N) is 1. The smallest absolute Gasteiger partial charge is 0.158 e. The summed E-state index contributed by atoms with van der Waals surface area (Å²) in [5.41, 5.74) is 1.92. The molecule has 6 nitrogen and oxygen atoms in total. The maximum absolute atomic E-state index is 4.55. The minimum Gasteiger partial charge on any atom is -0.384 e. The first-order valence-corrected chi connectivity index (χ1v) is 7.84. The van der Waals surface area contributed by atoms with Gasteiger partial charge in [0.2, 0.25) is 0 Å². The number of imidazole rings is 1. The summed E-state index contributed by atoms with van der Waals surface area (Å²) in [7, 11) is 0. The molecule has 3 aromatic rings. The first-order valence-electron chi connectivity index (χ1n) is 7.84. The maximum Gasteiger partial charge on any atom is 0.158 e. The minimum absolute atomic E-state index is 0.823. The zero-order valence-corrected chi connectivity index (χ0v) is 13.2. The lowest BCUT2D eigenvalue weighted by molar-refractivity contribution is 0.665. The summed E-state index contributed by atoms with van der Waals surface area (Å²) in [5.74, 6) is 1.73. The van der Waals surface area contributed by atoms with Crippen molar-refractivity contribution in [3.63, 3.8) is 0 Å². The molecule has 0 saturated heterocycles. The Kier molecular flexibility index (Phi) is 4.93. The Hall–Kier alpha value is -2.76. The Balaban J connectivity index is 1.60. The van der Waals surface area contributed by atoms with Crippen molar-refractivity contribution >= 4 is 5.69 Å². The van der Waals surface area contributed by atoms with Crippen LogP contribution in [0.5, 0.6) is 0 Å². The van der Waals surface area contributed by atoms with Crippen molar-refractivity contribution in [1.82, 2.24) is 24.5 Å². The number of hydrogen-bond donors (Lipinski definition) is 1. The molecular weight excluding hydrogens is 288 g/mol. The highest BCUT2D eigenvalue weighted by Crippen LogP contribution is 2.15. The lowest BCUT2D eigenvalue weighted by Crippen LogP contribution is -2.08. The maximum atomic E-state index is 4.55. The van der Waals surface area contributed by atoms with E-state index in [-0.39, 0.29) is 0 Å². The van der Waals surface area contributed by atoms with Crippen molar-refractivity contribution in [2.45, 2.75) is 26.3 Å². The molecule has 118 valence electrons. The van der Waals surface area contributed by atoms with Gasteiger partial charge in [-0.1, -0.05) is 6.92 Å². The van der Waals surface area contributed by atoms with E-state index in [0.29, 0.717) is 0 Å². The Morgan fingerprint density at radius 2 is 2.09 bits per heavy atom. The van der Waals surface area contributed by atoms with Gasteiger partial charge in [0.15, 0.2) is 5.82 Å². The molecule has 3 rings (SSSR count). The van der Waals surface area contributed by atoms with Gasteiger partial charge in [-0.2, -0.15) is 0 Å². The van der Waals surface area contributed by atoms with Crippen LogP contribution in [0.1, 0.15) is 19.2 Å². The molecule has 0 spiro atoms. The first-order chi connectivity index (χ1) is 11.4. The SMILES string of the molecule is CCc1nccc(-c2nccn2CCCNc2cccnc2)n1. The van der Waals surface area contributed by atoms with E-state index in [0.717, 1.165) is 49.0 Å². The Bertz CT molecular complexity index is 738. The third kappa shape index (κ3) is 3.91. The highest BCUT2D eigenvalue weighted by Gasteiger charge is 2.08. The summed E-state index contributed by atoms with van der Waals surface area (Å²) in [6, 6.07) is 5.85. The zero-order valence-electron chi connectivity index (χ0n) is 13.2. The van der Waals surface area contributed by atoms with E-state index >= 15 is 0 Å². The van der Waals surface area contributed by atoms with Crippen LogP contribution >= 0.6 is 0 Å². The van der Waals surface area contributed by atoms with Gasteiger partial charge < -0.3 is 9.88 Å². The van der Waals surface area contributed by atoms with Crippen molar-refractivity contribution in [1.29, 1.82) is 0 Å². The summed E-state index contributed by atoms with van der Waals surface area (Å²) in [6.45, 7) is 3.82. The standard InChI is InChI=1S/C17H20N6/c1-2-16-20-9-6-15(22-16)17-21-10-12-23(17)11-4-8-19-14-5-3-7-18-13-14/h3,5-7,9-10,12-13,19H,2,4,8,11H2,1H3. The predicted molar refractivity (Wildman–Crippen MR) is 90.0 cm³/mol. The van der Waals surface area contributed by atoms with Crippen molar-refractivity contribution in [3.8, 4) is 11.5 Å². The predicted octanol–water partition coefficient (Wildman–Crippen LogP) is 2.80. The van der Waals surface area contributed by atoms with Crippen molar-refractivity contribution in [2.24, 2.45) is 0 Å². The average molecular weight is 308 g/mol. The molecule has 23 heavy (non-hydrogen) atoms. The molecule has 6 heteroatoms. The fraction of sp³-hybridized carbons (Fsp3) is 0.294. The molecule has 0 aromatic carbocycles. The molecule has 1 N–H and O–H groups in total. The number of rotatable bonds is 7. The summed E-state index contributed by atoms with van der Waals surface area (Å²) in [6.07, 6.45) is 11.0. The van der Waals surface area contributed by atoms with Crippen LogP contribution in [-0.2, 0) is 13.0 Å². The van der Waals surface area contributed by atoms with E-state index in [1.807, 2.05) is 36.8 Å². The molecule has 0 atom stereocenters. The Morgan fingerprint density at radius 1 is 1.13 bits per heavy atom. The highest BCUT2D eigenvalue weighted by atomic mass is 15.1. The molecule has 0 unspecified atom stereocenters. The van der Waals surface area contributed by atoms with Crippen LogP contribution in [0.2, 0.25) is 0 Å². The number of pyridine rings is 1. The fourth-order valence-electron chi connectivity index (χ4n) is 2.37. The van der Waals surface area contributed by atoms with Gasteiger partial charge in [0.1, 0.15) is 11.5 Å². The Labute approximate surface area is 135 Å². The monoisotopic (exact) mass is 308 g/mol. The fourth-order valence-corrected chi connectivity index (χ4v) is 2.37. The van der Waals surface area contributed by atoms with Crippen LogP contribution in [0.25, 0.3) is 11.5 Å². The molecular formula is C17H20N6. The summed E-state index contributed by atoms with van der Waals surface area (Å²) >= 11 is 0. The lowest BCUT2D eigenvalue weighted by atomic mass is 10.3. The van der Waals surface area contributed by atoms with Gasteiger partial charge in [-0.25, -0.2) is 15.0 Å². The molecule has 0 fully saturated rings. The van der Waals surface area contributed by atoms with Crippen LogP contribution < -0.4 is 5.32 Å². The molecule has 0 aliphatic rings. The lowest BCUT2D eigenvalue weighted by Gasteiger charge is -2.09.